The molecule has 0 saturated carbocycles. The number of aromatic nitrogens is 2. The Morgan fingerprint density at radius 1 is 1.38 bits per heavy atom. The van der Waals surface area contributed by atoms with E-state index in [1.807, 2.05) is 0 Å². The summed E-state index contributed by atoms with van der Waals surface area (Å²) in [7, 11) is 0. The Morgan fingerprint density at radius 3 is 3.12 bits per heavy atom. The minimum Gasteiger partial charge on any atom is -0.461 e. The third-order valence-electron chi connectivity index (χ3n) is 5.85. The monoisotopic (exact) mass is 425 g/mol. The molecule has 2 saturated heterocycles. The van der Waals surface area contributed by atoms with E-state index in [2.05, 4.69) is 30.8 Å². The molecule has 2 aromatic rings. The lowest BCUT2D eigenvalue weighted by Gasteiger charge is -2.30. The van der Waals surface area contributed by atoms with Crippen LogP contribution in [0.5, 0.6) is 6.01 Å². The predicted molar refractivity (Wildman–Crippen MR) is 94.2 cm³/mol. The van der Waals surface area contributed by atoms with E-state index in [1.165, 1.54) is 0 Å². The molecule has 3 aliphatic rings. The predicted octanol–water partition coefficient (Wildman–Crippen LogP) is 3.52. The highest BCUT2D eigenvalue weighted by molar-refractivity contribution is 9.10. The second-order valence-corrected chi connectivity index (χ2v) is 8.15. The second-order valence-electron chi connectivity index (χ2n) is 7.36. The Balaban J connectivity index is 1.46. The maximum Gasteiger partial charge on any atom is 0.317 e. The first-order chi connectivity index (χ1) is 12.6. The van der Waals surface area contributed by atoms with Crippen molar-refractivity contribution in [3.63, 3.8) is 0 Å². The SMILES string of the molecule is Fc1c(Br)c2c(c3cnc(OC[C@@]45CCCN4C[C@H](F)C5)nc13)COC2. The minimum atomic E-state index is -0.813. The zero-order valence-corrected chi connectivity index (χ0v) is 15.7. The average Bonchev–Trinajstić information content (AvgIpc) is 3.32. The van der Waals surface area contributed by atoms with E-state index in [0.29, 0.717) is 42.6 Å². The van der Waals surface area contributed by atoms with Crippen LogP contribution in [0.1, 0.15) is 30.4 Å². The van der Waals surface area contributed by atoms with Gasteiger partial charge in [-0.3, -0.25) is 4.90 Å². The van der Waals surface area contributed by atoms with Gasteiger partial charge in [0.15, 0.2) is 5.82 Å². The highest BCUT2D eigenvalue weighted by Gasteiger charge is 2.49. The lowest BCUT2D eigenvalue weighted by molar-refractivity contribution is 0.107. The van der Waals surface area contributed by atoms with Crippen LogP contribution in [0.25, 0.3) is 10.9 Å². The molecule has 0 unspecified atom stereocenters. The molecule has 0 N–H and O–H groups in total. The van der Waals surface area contributed by atoms with E-state index in [9.17, 15) is 8.78 Å². The molecule has 4 heterocycles. The van der Waals surface area contributed by atoms with Crippen molar-refractivity contribution in [2.75, 3.05) is 19.7 Å². The van der Waals surface area contributed by atoms with Crippen molar-refractivity contribution < 1.29 is 18.3 Å². The van der Waals surface area contributed by atoms with Crippen molar-refractivity contribution in [1.82, 2.24) is 14.9 Å². The van der Waals surface area contributed by atoms with Crippen molar-refractivity contribution in [2.24, 2.45) is 0 Å². The van der Waals surface area contributed by atoms with E-state index in [1.54, 1.807) is 6.20 Å². The Kier molecular flexibility index (Phi) is 3.92. The van der Waals surface area contributed by atoms with Crippen molar-refractivity contribution in [3.05, 3.63) is 27.6 Å². The van der Waals surface area contributed by atoms with Gasteiger partial charge in [-0.2, -0.15) is 4.98 Å². The van der Waals surface area contributed by atoms with Crippen LogP contribution in [0.4, 0.5) is 8.78 Å². The van der Waals surface area contributed by atoms with Crippen LogP contribution in [0.2, 0.25) is 0 Å². The fourth-order valence-corrected chi connectivity index (χ4v) is 5.11. The van der Waals surface area contributed by atoms with E-state index in [4.69, 9.17) is 9.47 Å². The molecule has 5 rings (SSSR count). The summed E-state index contributed by atoms with van der Waals surface area (Å²) < 4.78 is 40.2. The molecule has 8 heteroatoms. The second kappa shape index (κ2) is 6.07. The molecule has 0 bridgehead atoms. The average molecular weight is 426 g/mol. The van der Waals surface area contributed by atoms with Crippen LogP contribution in [-0.2, 0) is 18.0 Å². The number of alkyl halides is 1. The maximum atomic E-state index is 14.7. The lowest BCUT2D eigenvalue weighted by Crippen LogP contribution is -2.43. The molecule has 1 aromatic carbocycles. The Morgan fingerprint density at radius 2 is 2.23 bits per heavy atom. The number of rotatable bonds is 3. The van der Waals surface area contributed by atoms with E-state index >= 15 is 0 Å². The number of ether oxygens (including phenoxy) is 2. The van der Waals surface area contributed by atoms with Crippen molar-refractivity contribution in [1.29, 1.82) is 0 Å². The van der Waals surface area contributed by atoms with Gasteiger partial charge in [0.05, 0.1) is 23.2 Å². The fourth-order valence-electron chi connectivity index (χ4n) is 4.57. The Hall–Kier alpha value is -1.38. The zero-order valence-electron chi connectivity index (χ0n) is 14.1. The fraction of sp³-hybridized carbons (Fsp3) is 0.556. The largest absolute Gasteiger partial charge is 0.461 e. The van der Waals surface area contributed by atoms with Crippen molar-refractivity contribution in [2.45, 2.75) is 44.2 Å². The van der Waals surface area contributed by atoms with E-state index in [0.717, 1.165) is 30.5 Å². The maximum absolute atomic E-state index is 14.7. The first kappa shape index (κ1) is 16.8. The third-order valence-corrected chi connectivity index (χ3v) is 6.67. The molecule has 1 aromatic heterocycles. The van der Waals surface area contributed by atoms with Gasteiger partial charge in [0.1, 0.15) is 18.3 Å². The van der Waals surface area contributed by atoms with Gasteiger partial charge in [-0.15, -0.1) is 0 Å². The standard InChI is InChI=1S/C18H18BrF2N3O2/c19-14-13-8-25-7-12(13)11-5-22-17(23-16(11)15(14)21)26-9-18-2-1-3-24(18)6-10(20)4-18/h5,10H,1-4,6-9H2/t10-,18+/m1/s1. The van der Waals surface area contributed by atoms with Gasteiger partial charge in [0.25, 0.3) is 0 Å². The summed E-state index contributed by atoms with van der Waals surface area (Å²) in [5, 5.41) is 0.649. The van der Waals surface area contributed by atoms with Gasteiger partial charge in [0.2, 0.25) is 0 Å². The van der Waals surface area contributed by atoms with Crippen molar-refractivity contribution >= 4 is 26.8 Å². The van der Waals surface area contributed by atoms with Crippen LogP contribution in [0.15, 0.2) is 10.7 Å². The first-order valence-electron chi connectivity index (χ1n) is 8.82. The van der Waals surface area contributed by atoms with Crippen LogP contribution >= 0.6 is 15.9 Å². The first-order valence-corrected chi connectivity index (χ1v) is 9.62. The van der Waals surface area contributed by atoms with Gasteiger partial charge in [-0.05, 0) is 40.9 Å². The molecule has 0 radical (unpaired) electrons. The van der Waals surface area contributed by atoms with Crippen LogP contribution in [-0.4, -0.2) is 46.3 Å². The summed E-state index contributed by atoms with van der Waals surface area (Å²) in [6, 6.07) is 0.130. The molecule has 2 atom stereocenters. The molecule has 138 valence electrons. The van der Waals surface area contributed by atoms with Crippen LogP contribution in [0, 0.1) is 5.82 Å². The van der Waals surface area contributed by atoms with Gasteiger partial charge in [0, 0.05) is 30.1 Å². The number of nitrogens with zero attached hydrogens (tertiary/aromatic N) is 3. The summed E-state index contributed by atoms with van der Waals surface area (Å²) in [5.41, 5.74) is 1.67. The minimum absolute atomic E-state index is 0.130. The third kappa shape index (κ3) is 2.46. The highest BCUT2D eigenvalue weighted by Crippen LogP contribution is 2.41. The molecule has 26 heavy (non-hydrogen) atoms. The van der Waals surface area contributed by atoms with Gasteiger partial charge < -0.3 is 9.47 Å². The van der Waals surface area contributed by atoms with Gasteiger partial charge in [-0.25, -0.2) is 13.8 Å². The summed E-state index contributed by atoms with van der Waals surface area (Å²) in [4.78, 5) is 10.7. The summed E-state index contributed by atoms with van der Waals surface area (Å²) in [6.07, 6.45) is 3.21. The molecule has 0 amide bonds. The highest BCUT2D eigenvalue weighted by atomic mass is 79.9. The van der Waals surface area contributed by atoms with Crippen molar-refractivity contribution in [3.8, 4) is 6.01 Å². The number of hydrogen-bond donors (Lipinski definition) is 0. The number of halogens is 3. The van der Waals surface area contributed by atoms with E-state index < -0.39 is 12.0 Å². The number of fused-ring (bicyclic) bond motifs is 4. The Bertz CT molecular complexity index is 897. The zero-order chi connectivity index (χ0) is 17.9. The topological polar surface area (TPSA) is 47.5 Å². The van der Waals surface area contributed by atoms with E-state index in [-0.39, 0.29) is 17.1 Å². The molecular formula is C18H18BrF2N3O2. The molecule has 0 aliphatic carbocycles. The normalized spacial score (nSPS) is 27.9. The quantitative estimate of drug-likeness (QED) is 0.752. The summed E-state index contributed by atoms with van der Waals surface area (Å²) in [5.74, 6) is -0.429. The van der Waals surface area contributed by atoms with Crippen LogP contribution in [0.3, 0.4) is 0 Å². The van der Waals surface area contributed by atoms with Gasteiger partial charge in [-0.1, -0.05) is 0 Å². The Labute approximate surface area is 157 Å². The summed E-state index contributed by atoms with van der Waals surface area (Å²) in [6.45, 7) is 2.50. The number of benzene rings is 1. The molecular weight excluding hydrogens is 408 g/mol. The molecule has 3 aliphatic heterocycles. The smallest absolute Gasteiger partial charge is 0.317 e. The van der Waals surface area contributed by atoms with Gasteiger partial charge >= 0.3 is 6.01 Å². The van der Waals surface area contributed by atoms with Crippen LogP contribution < -0.4 is 4.74 Å². The molecule has 5 nitrogen and oxygen atoms in total. The lowest BCUT2D eigenvalue weighted by atomic mass is 9.95. The number of hydrogen-bond acceptors (Lipinski definition) is 5. The molecule has 2 fully saturated rings. The molecule has 0 spiro atoms. The summed E-state index contributed by atoms with van der Waals surface area (Å²) >= 11 is 3.31.